The van der Waals surface area contributed by atoms with Crippen LogP contribution < -0.4 is 0 Å². The number of phenols is 1. The lowest BCUT2D eigenvalue weighted by atomic mass is 9.89. The summed E-state index contributed by atoms with van der Waals surface area (Å²) < 4.78 is 14.3. The minimum atomic E-state index is -0.353. The summed E-state index contributed by atoms with van der Waals surface area (Å²) in [5.74, 6) is -0.267. The maximum atomic E-state index is 14.3. The largest absolute Gasteiger partial charge is 0.507 e. The van der Waals surface area contributed by atoms with Crippen LogP contribution in [0.15, 0.2) is 97.1 Å². The molecule has 0 aliphatic carbocycles. The van der Waals surface area contributed by atoms with E-state index in [9.17, 15) is 9.50 Å². The molecule has 0 atom stereocenters. The van der Waals surface area contributed by atoms with Gasteiger partial charge in [-0.1, -0.05) is 84.9 Å². The predicted molar refractivity (Wildman–Crippen MR) is 104 cm³/mol. The molecule has 26 heavy (non-hydrogen) atoms. The van der Waals surface area contributed by atoms with Gasteiger partial charge in [-0.3, -0.25) is 0 Å². The Labute approximate surface area is 152 Å². The molecule has 1 nitrogen and oxygen atoms in total. The molecule has 4 rings (SSSR count). The molecule has 126 valence electrons. The molecule has 1 N–H and O–H groups in total. The van der Waals surface area contributed by atoms with Crippen molar-refractivity contribution in [2.24, 2.45) is 0 Å². The van der Waals surface area contributed by atoms with Crippen LogP contribution in [0.3, 0.4) is 0 Å². The van der Waals surface area contributed by atoms with E-state index in [1.165, 1.54) is 6.07 Å². The maximum absolute atomic E-state index is 14.3. The van der Waals surface area contributed by atoms with E-state index in [1.807, 2.05) is 66.7 Å². The van der Waals surface area contributed by atoms with Crippen LogP contribution >= 0.6 is 0 Å². The van der Waals surface area contributed by atoms with Crippen LogP contribution in [0.5, 0.6) is 5.75 Å². The quantitative estimate of drug-likeness (QED) is 0.449. The van der Waals surface area contributed by atoms with Crippen molar-refractivity contribution in [3.63, 3.8) is 0 Å². The fourth-order valence-corrected chi connectivity index (χ4v) is 3.24. The first-order valence-electron chi connectivity index (χ1n) is 8.47. The monoisotopic (exact) mass is 340 g/mol. The van der Waals surface area contributed by atoms with Gasteiger partial charge in [0.1, 0.15) is 11.6 Å². The Kier molecular flexibility index (Phi) is 4.24. The molecule has 4 aromatic carbocycles. The number of rotatable bonds is 3. The first kappa shape index (κ1) is 16.1. The molecule has 4 aromatic rings. The summed E-state index contributed by atoms with van der Waals surface area (Å²) in [6.45, 7) is 0. The summed E-state index contributed by atoms with van der Waals surface area (Å²) in [6, 6.07) is 29.8. The first-order valence-corrected chi connectivity index (χ1v) is 8.47. The van der Waals surface area contributed by atoms with Crippen LogP contribution in [0.25, 0.3) is 33.4 Å². The van der Waals surface area contributed by atoms with Gasteiger partial charge in [0, 0.05) is 16.7 Å². The fraction of sp³-hybridized carbons (Fsp3) is 0. The predicted octanol–water partition coefficient (Wildman–Crippen LogP) is 6.53. The van der Waals surface area contributed by atoms with Gasteiger partial charge < -0.3 is 5.11 Å². The van der Waals surface area contributed by atoms with Gasteiger partial charge in [-0.2, -0.15) is 0 Å². The molecule has 0 aromatic heterocycles. The van der Waals surface area contributed by atoms with Gasteiger partial charge in [-0.05, 0) is 28.8 Å². The highest BCUT2D eigenvalue weighted by Crippen LogP contribution is 2.44. The Balaban J connectivity index is 2.01. The van der Waals surface area contributed by atoms with Crippen molar-refractivity contribution in [3.05, 3.63) is 103 Å². The third-order valence-corrected chi connectivity index (χ3v) is 4.49. The van der Waals surface area contributed by atoms with Crippen molar-refractivity contribution < 1.29 is 9.50 Å². The average Bonchev–Trinajstić information content (AvgIpc) is 2.70. The zero-order valence-corrected chi connectivity index (χ0v) is 14.1. The van der Waals surface area contributed by atoms with Crippen LogP contribution in [0.2, 0.25) is 0 Å². The van der Waals surface area contributed by atoms with Crippen molar-refractivity contribution in [2.75, 3.05) is 0 Å². The van der Waals surface area contributed by atoms with Gasteiger partial charge in [0.05, 0.1) is 0 Å². The van der Waals surface area contributed by atoms with E-state index in [0.29, 0.717) is 16.7 Å². The molecular weight excluding hydrogens is 323 g/mol. The Bertz CT molecular complexity index is 1040. The standard InChI is InChI=1S/C24H17FO/c25-22-14-8-7-13-20(22)21-16-15-19(17-9-3-1-4-10-17)23(24(21)26)18-11-5-2-6-12-18/h1-16,26H. The molecule has 0 unspecified atom stereocenters. The second-order valence-electron chi connectivity index (χ2n) is 6.10. The van der Waals surface area contributed by atoms with Gasteiger partial charge in [-0.25, -0.2) is 4.39 Å². The number of halogens is 1. The van der Waals surface area contributed by atoms with E-state index in [4.69, 9.17) is 0 Å². The third kappa shape index (κ3) is 2.86. The highest BCUT2D eigenvalue weighted by atomic mass is 19.1. The summed E-state index contributed by atoms with van der Waals surface area (Å²) in [6.07, 6.45) is 0. The second kappa shape index (κ2) is 6.85. The summed E-state index contributed by atoms with van der Waals surface area (Å²) in [7, 11) is 0. The number of benzene rings is 4. The minimum absolute atomic E-state index is 0.0858. The normalized spacial score (nSPS) is 10.7. The molecule has 0 spiro atoms. The Morgan fingerprint density at radius 2 is 1.04 bits per heavy atom. The van der Waals surface area contributed by atoms with Crippen LogP contribution in [0.4, 0.5) is 4.39 Å². The van der Waals surface area contributed by atoms with Gasteiger partial charge in [0.25, 0.3) is 0 Å². The summed E-state index contributed by atoms with van der Waals surface area (Å²) >= 11 is 0. The average molecular weight is 340 g/mol. The zero-order chi connectivity index (χ0) is 17.9. The molecule has 0 saturated heterocycles. The van der Waals surface area contributed by atoms with Crippen molar-refractivity contribution >= 4 is 0 Å². The number of hydrogen-bond donors (Lipinski definition) is 1. The Morgan fingerprint density at radius 3 is 1.69 bits per heavy atom. The van der Waals surface area contributed by atoms with Gasteiger partial charge >= 0.3 is 0 Å². The lowest BCUT2D eigenvalue weighted by Crippen LogP contribution is -1.91. The van der Waals surface area contributed by atoms with Crippen LogP contribution in [0, 0.1) is 5.82 Å². The number of hydrogen-bond acceptors (Lipinski definition) is 1. The lowest BCUT2D eigenvalue weighted by molar-refractivity contribution is 0.479. The lowest BCUT2D eigenvalue weighted by Gasteiger charge is -2.16. The molecule has 0 fully saturated rings. The third-order valence-electron chi connectivity index (χ3n) is 4.49. The van der Waals surface area contributed by atoms with Crippen LogP contribution in [-0.2, 0) is 0 Å². The van der Waals surface area contributed by atoms with E-state index in [2.05, 4.69) is 0 Å². The molecule has 0 heterocycles. The fourth-order valence-electron chi connectivity index (χ4n) is 3.24. The van der Waals surface area contributed by atoms with E-state index < -0.39 is 0 Å². The zero-order valence-electron chi connectivity index (χ0n) is 14.1. The highest BCUT2D eigenvalue weighted by molar-refractivity contribution is 5.93. The van der Waals surface area contributed by atoms with Crippen molar-refractivity contribution in [3.8, 4) is 39.1 Å². The maximum Gasteiger partial charge on any atom is 0.131 e. The number of phenolic OH excluding ortho intramolecular Hbond substituents is 1. The number of aromatic hydroxyl groups is 1. The van der Waals surface area contributed by atoms with Crippen LogP contribution in [-0.4, -0.2) is 5.11 Å². The van der Waals surface area contributed by atoms with Gasteiger partial charge in [-0.15, -0.1) is 0 Å². The summed E-state index contributed by atoms with van der Waals surface area (Å²) in [5, 5.41) is 11.1. The summed E-state index contributed by atoms with van der Waals surface area (Å²) in [5.41, 5.74) is 4.39. The molecule has 0 aliphatic heterocycles. The smallest absolute Gasteiger partial charge is 0.131 e. The van der Waals surface area contributed by atoms with E-state index in [1.54, 1.807) is 24.3 Å². The molecule has 0 radical (unpaired) electrons. The molecule has 0 aliphatic rings. The minimum Gasteiger partial charge on any atom is -0.507 e. The first-order chi connectivity index (χ1) is 12.8. The highest BCUT2D eigenvalue weighted by Gasteiger charge is 2.18. The van der Waals surface area contributed by atoms with Crippen LogP contribution in [0.1, 0.15) is 0 Å². The molecular formula is C24H17FO. The molecule has 2 heteroatoms. The van der Waals surface area contributed by atoms with Gasteiger partial charge in [0.15, 0.2) is 0 Å². The van der Waals surface area contributed by atoms with Crippen molar-refractivity contribution in [2.45, 2.75) is 0 Å². The van der Waals surface area contributed by atoms with Crippen molar-refractivity contribution in [1.29, 1.82) is 0 Å². The summed E-state index contributed by atoms with van der Waals surface area (Å²) in [4.78, 5) is 0. The Morgan fingerprint density at radius 1 is 0.500 bits per heavy atom. The van der Waals surface area contributed by atoms with E-state index >= 15 is 0 Å². The molecule has 0 saturated carbocycles. The topological polar surface area (TPSA) is 20.2 Å². The van der Waals surface area contributed by atoms with Crippen molar-refractivity contribution in [1.82, 2.24) is 0 Å². The van der Waals surface area contributed by atoms with E-state index in [0.717, 1.165) is 16.7 Å². The molecule has 0 bridgehead atoms. The SMILES string of the molecule is Oc1c(-c2ccccc2F)ccc(-c2ccccc2)c1-c1ccccc1. The second-order valence-corrected chi connectivity index (χ2v) is 6.10. The van der Waals surface area contributed by atoms with Gasteiger partial charge in [0.2, 0.25) is 0 Å². The molecule has 0 amide bonds. The van der Waals surface area contributed by atoms with E-state index in [-0.39, 0.29) is 11.6 Å². The Hall–Kier alpha value is -3.39.